The molecule has 0 spiro atoms. The Labute approximate surface area is 147 Å². The van der Waals surface area contributed by atoms with Crippen LogP contribution in [0, 0.1) is 5.41 Å². The molecule has 0 radical (unpaired) electrons. The van der Waals surface area contributed by atoms with Gasteiger partial charge in [-0.15, -0.1) is 22.7 Å². The van der Waals surface area contributed by atoms with E-state index in [1.807, 2.05) is 35.7 Å². The van der Waals surface area contributed by atoms with Crippen LogP contribution in [0.2, 0.25) is 0 Å². The fraction of sp³-hybridized carbons (Fsp3) is 0.176. The molecule has 7 heteroatoms. The zero-order valence-corrected chi connectivity index (χ0v) is 14.6. The molecule has 0 saturated heterocycles. The standard InChI is InChI=1S/C17H16N2O3S2/c1-2-21-17(20)15(12-4-3-7-23-12)22-11-6-5-10-8-14(16(18)19)24-13(10)9-11/h3-9,15H,2H2,1H3,(H3,18,19). The predicted molar refractivity (Wildman–Crippen MR) is 97.2 cm³/mol. The molecule has 124 valence electrons. The van der Waals surface area contributed by atoms with Gasteiger partial charge in [0.2, 0.25) is 6.10 Å². The summed E-state index contributed by atoms with van der Waals surface area (Å²) in [4.78, 5) is 13.7. The lowest BCUT2D eigenvalue weighted by Gasteiger charge is -2.16. The van der Waals surface area contributed by atoms with Gasteiger partial charge in [-0.3, -0.25) is 5.41 Å². The summed E-state index contributed by atoms with van der Waals surface area (Å²) in [6.07, 6.45) is -0.783. The SMILES string of the molecule is CCOC(=O)C(Oc1ccc2cc(C(=N)N)sc2c1)c1cccs1. The van der Waals surface area contributed by atoms with Crippen molar-refractivity contribution in [2.75, 3.05) is 6.61 Å². The highest BCUT2D eigenvalue weighted by atomic mass is 32.1. The molecule has 3 N–H and O–H groups in total. The summed E-state index contributed by atoms with van der Waals surface area (Å²) in [6.45, 7) is 2.07. The van der Waals surface area contributed by atoms with Gasteiger partial charge in [0.15, 0.2) is 0 Å². The molecule has 2 heterocycles. The first-order valence-electron chi connectivity index (χ1n) is 7.33. The van der Waals surface area contributed by atoms with Crippen LogP contribution in [-0.2, 0) is 9.53 Å². The van der Waals surface area contributed by atoms with Crippen molar-refractivity contribution in [3.63, 3.8) is 0 Å². The van der Waals surface area contributed by atoms with Crippen LogP contribution < -0.4 is 10.5 Å². The van der Waals surface area contributed by atoms with Gasteiger partial charge in [-0.05, 0) is 48.0 Å². The van der Waals surface area contributed by atoms with Crippen LogP contribution in [-0.4, -0.2) is 18.4 Å². The van der Waals surface area contributed by atoms with Gasteiger partial charge in [0, 0.05) is 4.70 Å². The number of nitrogens with two attached hydrogens (primary N) is 1. The number of fused-ring (bicyclic) bond motifs is 1. The largest absolute Gasteiger partial charge is 0.473 e. The molecular weight excluding hydrogens is 344 g/mol. The third-order valence-electron chi connectivity index (χ3n) is 3.31. The molecule has 5 nitrogen and oxygen atoms in total. The molecule has 24 heavy (non-hydrogen) atoms. The number of carbonyl (C=O) groups is 1. The van der Waals surface area contributed by atoms with Crippen molar-refractivity contribution in [1.82, 2.24) is 0 Å². The zero-order valence-electron chi connectivity index (χ0n) is 12.9. The highest BCUT2D eigenvalue weighted by Crippen LogP contribution is 2.32. The van der Waals surface area contributed by atoms with Crippen LogP contribution >= 0.6 is 22.7 Å². The molecular formula is C17H16N2O3S2. The Morgan fingerprint density at radius 1 is 1.33 bits per heavy atom. The molecule has 1 unspecified atom stereocenters. The summed E-state index contributed by atoms with van der Waals surface area (Å²) in [6, 6.07) is 11.1. The number of thiophene rings is 2. The molecule has 1 atom stereocenters. The normalized spacial score (nSPS) is 12.0. The third-order valence-corrected chi connectivity index (χ3v) is 5.36. The number of rotatable bonds is 6. The summed E-state index contributed by atoms with van der Waals surface area (Å²) in [5, 5.41) is 10.4. The number of nitrogens with one attached hydrogen (secondary N) is 1. The van der Waals surface area contributed by atoms with Crippen LogP contribution in [0.5, 0.6) is 5.75 Å². The van der Waals surface area contributed by atoms with E-state index in [0.29, 0.717) is 17.2 Å². The smallest absolute Gasteiger partial charge is 0.352 e. The number of amidine groups is 1. The molecule has 0 saturated carbocycles. The minimum Gasteiger partial charge on any atom is -0.473 e. The topological polar surface area (TPSA) is 85.4 Å². The quantitative estimate of drug-likeness (QED) is 0.396. The average Bonchev–Trinajstić information content (AvgIpc) is 3.21. The Morgan fingerprint density at radius 3 is 2.83 bits per heavy atom. The molecule has 3 aromatic rings. The summed E-state index contributed by atoms with van der Waals surface area (Å²) < 4.78 is 12.0. The van der Waals surface area contributed by atoms with Crippen LogP contribution in [0.4, 0.5) is 0 Å². The first-order chi connectivity index (χ1) is 11.6. The van der Waals surface area contributed by atoms with Crippen molar-refractivity contribution in [2.45, 2.75) is 13.0 Å². The van der Waals surface area contributed by atoms with E-state index in [1.165, 1.54) is 22.7 Å². The Balaban J connectivity index is 1.90. The second-order valence-corrected chi connectivity index (χ2v) is 7.05. The zero-order chi connectivity index (χ0) is 17.1. The second-order valence-electron chi connectivity index (χ2n) is 4.99. The van der Waals surface area contributed by atoms with E-state index in [-0.39, 0.29) is 5.84 Å². The van der Waals surface area contributed by atoms with Crippen LogP contribution in [0.1, 0.15) is 22.8 Å². The third kappa shape index (κ3) is 3.42. The van der Waals surface area contributed by atoms with Crippen molar-refractivity contribution in [1.29, 1.82) is 5.41 Å². The fourth-order valence-corrected chi connectivity index (χ4v) is 3.93. The van der Waals surface area contributed by atoms with Gasteiger partial charge < -0.3 is 15.2 Å². The van der Waals surface area contributed by atoms with E-state index in [1.54, 1.807) is 13.0 Å². The van der Waals surface area contributed by atoms with Gasteiger partial charge in [0.25, 0.3) is 0 Å². The lowest BCUT2D eigenvalue weighted by Crippen LogP contribution is -2.20. The highest BCUT2D eigenvalue weighted by molar-refractivity contribution is 7.20. The number of ether oxygens (including phenoxy) is 2. The monoisotopic (exact) mass is 360 g/mol. The van der Waals surface area contributed by atoms with Crippen molar-refractivity contribution in [3.05, 3.63) is 51.5 Å². The Bertz CT molecular complexity index is 871. The Morgan fingerprint density at radius 2 is 2.17 bits per heavy atom. The Kier molecular flexibility index (Phi) is 4.82. The molecule has 3 rings (SSSR count). The van der Waals surface area contributed by atoms with Crippen molar-refractivity contribution < 1.29 is 14.3 Å². The lowest BCUT2D eigenvalue weighted by molar-refractivity contribution is -0.151. The summed E-state index contributed by atoms with van der Waals surface area (Å²) in [5.74, 6) is 0.211. The number of benzene rings is 1. The van der Waals surface area contributed by atoms with Gasteiger partial charge in [-0.1, -0.05) is 6.07 Å². The minimum atomic E-state index is -0.783. The van der Waals surface area contributed by atoms with Gasteiger partial charge in [-0.2, -0.15) is 0 Å². The Hall–Kier alpha value is -2.38. The van der Waals surface area contributed by atoms with Gasteiger partial charge in [0.1, 0.15) is 11.6 Å². The molecule has 2 aromatic heterocycles. The van der Waals surface area contributed by atoms with Crippen molar-refractivity contribution in [3.8, 4) is 5.75 Å². The van der Waals surface area contributed by atoms with E-state index in [4.69, 9.17) is 20.6 Å². The summed E-state index contributed by atoms with van der Waals surface area (Å²) in [7, 11) is 0. The van der Waals surface area contributed by atoms with Gasteiger partial charge in [-0.25, -0.2) is 4.79 Å². The predicted octanol–water partition coefficient (Wildman–Crippen LogP) is 3.93. The molecule has 0 aliphatic carbocycles. The average molecular weight is 360 g/mol. The van der Waals surface area contributed by atoms with Gasteiger partial charge >= 0.3 is 5.97 Å². The number of carbonyl (C=O) groups excluding carboxylic acids is 1. The molecule has 0 aliphatic rings. The lowest BCUT2D eigenvalue weighted by atomic mass is 10.2. The first kappa shape index (κ1) is 16.5. The maximum atomic E-state index is 12.2. The van der Waals surface area contributed by atoms with E-state index in [0.717, 1.165) is 15.0 Å². The summed E-state index contributed by atoms with van der Waals surface area (Å²) in [5.41, 5.74) is 5.54. The van der Waals surface area contributed by atoms with E-state index in [2.05, 4.69) is 0 Å². The molecule has 0 fully saturated rings. The number of esters is 1. The first-order valence-corrected chi connectivity index (χ1v) is 9.02. The van der Waals surface area contributed by atoms with Crippen LogP contribution in [0.25, 0.3) is 10.1 Å². The molecule has 0 aliphatic heterocycles. The van der Waals surface area contributed by atoms with Crippen LogP contribution in [0.15, 0.2) is 41.8 Å². The van der Waals surface area contributed by atoms with E-state index >= 15 is 0 Å². The van der Waals surface area contributed by atoms with Crippen molar-refractivity contribution >= 4 is 44.6 Å². The minimum absolute atomic E-state index is 0.0432. The molecule has 0 amide bonds. The van der Waals surface area contributed by atoms with E-state index < -0.39 is 12.1 Å². The van der Waals surface area contributed by atoms with Crippen molar-refractivity contribution in [2.24, 2.45) is 5.73 Å². The maximum absolute atomic E-state index is 12.2. The highest BCUT2D eigenvalue weighted by Gasteiger charge is 2.25. The molecule has 0 bridgehead atoms. The van der Waals surface area contributed by atoms with Gasteiger partial charge in [0.05, 0.1) is 16.4 Å². The fourth-order valence-electron chi connectivity index (χ4n) is 2.23. The second kappa shape index (κ2) is 7.02. The van der Waals surface area contributed by atoms with E-state index in [9.17, 15) is 4.79 Å². The summed E-state index contributed by atoms with van der Waals surface area (Å²) >= 11 is 2.87. The number of hydrogen-bond acceptors (Lipinski definition) is 6. The number of nitrogen functional groups attached to an aromatic ring is 1. The maximum Gasteiger partial charge on any atom is 0.352 e. The number of hydrogen-bond donors (Lipinski definition) is 2. The molecule has 1 aromatic carbocycles. The van der Waals surface area contributed by atoms with Crippen LogP contribution in [0.3, 0.4) is 0 Å².